The second-order valence-corrected chi connectivity index (χ2v) is 19.0. The van der Waals surface area contributed by atoms with Gasteiger partial charge >= 0.3 is 21.1 Å². The van der Waals surface area contributed by atoms with Gasteiger partial charge in [-0.1, -0.05) is 132 Å². The third kappa shape index (κ3) is 10.3. The molecule has 0 atom stereocenters. The summed E-state index contributed by atoms with van der Waals surface area (Å²) in [6.07, 6.45) is 3.27. The molecule has 4 N–H and O–H groups in total. The van der Waals surface area contributed by atoms with Crippen molar-refractivity contribution in [3.8, 4) is 23.0 Å². The molecular formula is C48H64O4W. The van der Waals surface area contributed by atoms with Gasteiger partial charge in [0.2, 0.25) is 0 Å². The van der Waals surface area contributed by atoms with Crippen molar-refractivity contribution in [3.63, 3.8) is 0 Å². The van der Waals surface area contributed by atoms with Crippen molar-refractivity contribution in [3.05, 3.63) is 129 Å². The van der Waals surface area contributed by atoms with Gasteiger partial charge in [-0.05, 0) is 88.4 Å². The van der Waals surface area contributed by atoms with Crippen LogP contribution >= 0.6 is 0 Å². The van der Waals surface area contributed by atoms with Gasteiger partial charge in [-0.3, -0.25) is 0 Å². The van der Waals surface area contributed by atoms with E-state index >= 15 is 0 Å². The Hall–Kier alpha value is -3.23. The minimum Gasteiger partial charge on any atom is -0.507 e. The zero-order chi connectivity index (χ0) is 39.1. The summed E-state index contributed by atoms with van der Waals surface area (Å²) in [6.45, 7) is 33.0. The van der Waals surface area contributed by atoms with Crippen LogP contribution in [0.2, 0.25) is 0 Å². The van der Waals surface area contributed by atoms with Crippen LogP contribution in [-0.4, -0.2) is 20.4 Å². The van der Waals surface area contributed by atoms with Crippen LogP contribution in [0.15, 0.2) is 48.5 Å². The number of hydrogen-bond donors (Lipinski definition) is 4. The molecule has 8 bridgehead atoms. The average Bonchev–Trinajstić information content (AvgIpc) is 3.01. The van der Waals surface area contributed by atoms with E-state index < -0.39 is 0 Å². The van der Waals surface area contributed by atoms with Gasteiger partial charge in [0.05, 0.1) is 0 Å². The van der Waals surface area contributed by atoms with E-state index in [4.69, 9.17) is 0 Å². The number of rotatable bonds is 1. The fourth-order valence-electron chi connectivity index (χ4n) is 6.67. The van der Waals surface area contributed by atoms with Gasteiger partial charge in [0.1, 0.15) is 23.0 Å². The Morgan fingerprint density at radius 1 is 0.358 bits per heavy atom. The summed E-state index contributed by atoms with van der Waals surface area (Å²) in [5.41, 5.74) is 9.48. The van der Waals surface area contributed by atoms with Gasteiger partial charge in [0, 0.05) is 25.7 Å². The predicted octanol–water partition coefficient (Wildman–Crippen LogP) is 11.8. The second kappa shape index (κ2) is 16.2. The maximum atomic E-state index is 11.9. The first-order valence-electron chi connectivity index (χ1n) is 18.8. The molecule has 4 aromatic carbocycles. The van der Waals surface area contributed by atoms with Crippen LogP contribution in [0.3, 0.4) is 0 Å². The molecule has 0 aliphatic heterocycles. The van der Waals surface area contributed by atoms with Crippen LogP contribution in [0.1, 0.15) is 163 Å². The van der Waals surface area contributed by atoms with E-state index in [9.17, 15) is 20.4 Å². The number of phenols is 4. The Labute approximate surface area is 335 Å². The summed E-state index contributed by atoms with van der Waals surface area (Å²) in [5.74, 6) is 0.767. The normalized spacial score (nSPS) is 13.5. The first kappa shape index (κ1) is 44.2. The van der Waals surface area contributed by atoms with Gasteiger partial charge in [-0.2, -0.15) is 0 Å². The number of unbranched alkanes of at least 4 members (excludes halogenated alkanes) is 1. The monoisotopic (exact) mass is 888 g/mol. The first-order chi connectivity index (χ1) is 23.8. The summed E-state index contributed by atoms with van der Waals surface area (Å²) in [4.78, 5) is 0. The van der Waals surface area contributed by atoms with Crippen LogP contribution in [0.25, 0.3) is 0 Å². The topological polar surface area (TPSA) is 80.9 Å². The molecule has 0 saturated heterocycles. The van der Waals surface area contributed by atoms with E-state index in [0.29, 0.717) is 25.7 Å². The molecule has 53 heavy (non-hydrogen) atoms. The Morgan fingerprint density at radius 3 is 0.585 bits per heavy atom. The van der Waals surface area contributed by atoms with E-state index in [1.165, 1.54) is 0 Å². The minimum absolute atomic E-state index is 0. The Kier molecular flexibility index (Phi) is 13.5. The molecule has 0 amide bonds. The standard InChI is InChI=1S/C44H56O4.C4H8.W/c1-41(2,3)33-17-25-13-27-19-34(42(4,5)6)21-29(38(27)46)15-31-23-36(44(10,11)12)24-32(40(31)48)16-30-22-35(43(7,8)9)20-28(39(30)47)14-26(18-33)37(25)45;1-3-4-2;/h17-24,45-48H,13-16H2,1-12H3;1-4H2;/q;-2;+2. The molecular weight excluding hydrogens is 824 g/mol. The van der Waals surface area contributed by atoms with Crippen LogP contribution in [0, 0.1) is 13.8 Å². The smallest absolute Gasteiger partial charge is 0.507 e. The summed E-state index contributed by atoms with van der Waals surface area (Å²) in [7, 11) is 0. The van der Waals surface area contributed by atoms with Crippen molar-refractivity contribution in [2.75, 3.05) is 0 Å². The predicted molar refractivity (Wildman–Crippen MR) is 218 cm³/mol. The van der Waals surface area contributed by atoms with Crippen molar-refractivity contribution < 1.29 is 41.5 Å². The SMILES string of the molecule is CC(C)(C)c1cc2c(O)c(c1)Cc1cc(C(C)(C)C)cc(c1O)Cc1cc(C(C)(C)C)cc(c1O)Cc1cc(C(C)(C)C)cc(c1O)C2.[CH2-]CC[CH2-].[W+2]. The molecule has 5 rings (SSSR count). The maximum absolute atomic E-state index is 11.9. The van der Waals surface area contributed by atoms with Crippen LogP contribution in [-0.2, 0) is 68.4 Å². The van der Waals surface area contributed by atoms with E-state index in [1.54, 1.807) is 0 Å². The summed E-state index contributed by atoms with van der Waals surface area (Å²) in [6, 6.07) is 16.5. The molecule has 0 fully saturated rings. The molecule has 4 nitrogen and oxygen atoms in total. The zero-order valence-corrected chi connectivity index (χ0v) is 37.4. The molecule has 0 radical (unpaired) electrons. The fourth-order valence-corrected chi connectivity index (χ4v) is 6.67. The Balaban J connectivity index is 0.00000144. The van der Waals surface area contributed by atoms with Crippen molar-refractivity contribution in [1.82, 2.24) is 0 Å². The van der Waals surface area contributed by atoms with Crippen molar-refractivity contribution >= 4 is 0 Å². The Morgan fingerprint density at radius 2 is 0.491 bits per heavy atom. The summed E-state index contributed by atoms with van der Waals surface area (Å²) in [5, 5.41) is 47.6. The number of fused-ring (bicyclic) bond motifs is 8. The summed E-state index contributed by atoms with van der Waals surface area (Å²) < 4.78 is 0. The van der Waals surface area contributed by atoms with Crippen LogP contribution < -0.4 is 0 Å². The van der Waals surface area contributed by atoms with E-state index in [2.05, 4.69) is 145 Å². The molecule has 0 heterocycles. The van der Waals surface area contributed by atoms with Crippen molar-refractivity contribution in [2.45, 2.75) is 143 Å². The van der Waals surface area contributed by atoms with Crippen LogP contribution in [0.5, 0.6) is 23.0 Å². The quantitative estimate of drug-likeness (QED) is 0.126. The molecule has 0 spiro atoms. The molecule has 0 aromatic heterocycles. The third-order valence-corrected chi connectivity index (χ3v) is 10.3. The third-order valence-electron chi connectivity index (χ3n) is 10.3. The number of phenolic OH excluding ortho intramolecular Hbond substituents is 4. The van der Waals surface area contributed by atoms with Crippen LogP contribution in [0.4, 0.5) is 0 Å². The molecule has 1 aliphatic carbocycles. The second-order valence-electron chi connectivity index (χ2n) is 19.0. The first-order valence-corrected chi connectivity index (χ1v) is 18.8. The molecule has 5 heteroatoms. The molecule has 286 valence electrons. The molecule has 0 saturated carbocycles. The van der Waals surface area contributed by atoms with Gasteiger partial charge < -0.3 is 34.3 Å². The largest absolute Gasteiger partial charge is 2.00 e. The van der Waals surface area contributed by atoms with E-state index in [1.807, 2.05) is 0 Å². The number of benzene rings is 4. The van der Waals surface area contributed by atoms with Gasteiger partial charge in [0.15, 0.2) is 0 Å². The minimum atomic E-state index is -0.190. The van der Waals surface area contributed by atoms with E-state index in [0.717, 1.165) is 79.6 Å². The van der Waals surface area contributed by atoms with Gasteiger partial charge in [0.25, 0.3) is 0 Å². The van der Waals surface area contributed by atoms with Crippen molar-refractivity contribution in [1.29, 1.82) is 0 Å². The van der Waals surface area contributed by atoms with Gasteiger partial charge in [-0.15, -0.1) is 0 Å². The van der Waals surface area contributed by atoms with E-state index in [-0.39, 0.29) is 65.7 Å². The molecule has 0 unspecified atom stereocenters. The number of hydrogen-bond acceptors (Lipinski definition) is 4. The Bertz CT molecular complexity index is 1550. The molecule has 4 aromatic rings. The zero-order valence-electron chi connectivity index (χ0n) is 34.5. The summed E-state index contributed by atoms with van der Waals surface area (Å²) >= 11 is 0. The molecule has 1 aliphatic rings. The van der Waals surface area contributed by atoms with Gasteiger partial charge in [-0.25, -0.2) is 12.8 Å². The number of aromatic hydroxyl groups is 4. The van der Waals surface area contributed by atoms with Crippen molar-refractivity contribution in [2.24, 2.45) is 0 Å². The average molecular weight is 889 g/mol. The maximum Gasteiger partial charge on any atom is 2.00 e. The fraction of sp³-hybridized carbons (Fsp3) is 0.458.